The van der Waals surface area contributed by atoms with Crippen LogP contribution in [0.25, 0.3) is 0 Å². The molecule has 0 aliphatic carbocycles. The minimum Gasteiger partial charge on any atom is -0.481 e. The molecule has 1 atom stereocenters. The van der Waals surface area contributed by atoms with Crippen molar-refractivity contribution in [3.63, 3.8) is 0 Å². The standard InChI is InChI=1S/C15H29NO5Si/c1-6-22(7-2,8-3)16(21-11-12(4)5)13(15(19)20)9-10-14(17)18/h13H,4,6-11H2,1-3,5H3,(H,17,18)(H,19,20). The zero-order chi connectivity index (χ0) is 17.3. The smallest absolute Gasteiger partial charge is 0.322 e. The van der Waals surface area contributed by atoms with Crippen molar-refractivity contribution in [3.05, 3.63) is 12.2 Å². The van der Waals surface area contributed by atoms with Gasteiger partial charge in [0.05, 0.1) is 6.61 Å². The second kappa shape index (κ2) is 9.76. The maximum Gasteiger partial charge on any atom is 0.322 e. The SMILES string of the molecule is C=C(C)CON(C(CCC(=O)O)C(=O)O)[Si](CC)(CC)CC. The monoisotopic (exact) mass is 331 g/mol. The number of hydrogen-bond donors (Lipinski definition) is 2. The van der Waals surface area contributed by atoms with Crippen molar-refractivity contribution in [1.29, 1.82) is 0 Å². The molecule has 0 aliphatic heterocycles. The molecule has 7 heteroatoms. The molecule has 0 aromatic rings. The average molecular weight is 331 g/mol. The van der Waals surface area contributed by atoms with Gasteiger partial charge in [-0.25, -0.2) is 0 Å². The van der Waals surface area contributed by atoms with Gasteiger partial charge in [0.15, 0.2) is 8.24 Å². The number of carbonyl (C=O) groups is 2. The Morgan fingerprint density at radius 3 is 2.00 bits per heavy atom. The van der Waals surface area contributed by atoms with Crippen LogP contribution in [0.15, 0.2) is 12.2 Å². The van der Waals surface area contributed by atoms with Gasteiger partial charge in [-0.1, -0.05) is 32.9 Å². The minimum atomic E-state index is -2.12. The molecule has 0 saturated carbocycles. The van der Waals surface area contributed by atoms with Crippen molar-refractivity contribution < 1.29 is 24.6 Å². The highest BCUT2D eigenvalue weighted by Gasteiger charge is 2.43. The number of rotatable bonds is 12. The van der Waals surface area contributed by atoms with E-state index in [-0.39, 0.29) is 19.4 Å². The lowest BCUT2D eigenvalue weighted by Crippen LogP contribution is -2.59. The van der Waals surface area contributed by atoms with Crippen molar-refractivity contribution in [2.45, 2.75) is 64.7 Å². The molecule has 0 fully saturated rings. The predicted molar refractivity (Wildman–Crippen MR) is 88.1 cm³/mol. The van der Waals surface area contributed by atoms with Gasteiger partial charge in [0.1, 0.15) is 6.04 Å². The zero-order valence-electron chi connectivity index (χ0n) is 14.1. The largest absolute Gasteiger partial charge is 0.481 e. The van der Waals surface area contributed by atoms with E-state index in [0.717, 1.165) is 23.7 Å². The first-order valence-corrected chi connectivity index (χ1v) is 10.3. The van der Waals surface area contributed by atoms with Crippen LogP contribution >= 0.6 is 0 Å². The Bertz CT molecular complexity index is 387. The van der Waals surface area contributed by atoms with Crippen molar-refractivity contribution in [1.82, 2.24) is 4.73 Å². The van der Waals surface area contributed by atoms with Crippen LogP contribution < -0.4 is 0 Å². The molecule has 0 aromatic heterocycles. The molecule has 0 bridgehead atoms. The molecule has 6 nitrogen and oxygen atoms in total. The normalized spacial score (nSPS) is 13.1. The Morgan fingerprint density at radius 2 is 1.68 bits per heavy atom. The fourth-order valence-electron chi connectivity index (χ4n) is 2.56. The average Bonchev–Trinajstić information content (AvgIpc) is 2.45. The summed E-state index contributed by atoms with van der Waals surface area (Å²) in [7, 11) is -2.12. The number of hydrogen-bond acceptors (Lipinski definition) is 4. The van der Waals surface area contributed by atoms with Gasteiger partial charge in [-0.05, 0) is 31.5 Å². The van der Waals surface area contributed by atoms with Gasteiger partial charge in [-0.3, -0.25) is 9.59 Å². The Balaban J connectivity index is 5.50. The van der Waals surface area contributed by atoms with E-state index in [1.54, 1.807) is 4.73 Å². The first-order valence-electron chi connectivity index (χ1n) is 7.75. The number of nitrogens with zero attached hydrogens (tertiary/aromatic N) is 1. The molecular weight excluding hydrogens is 302 g/mol. The van der Waals surface area contributed by atoms with E-state index in [0.29, 0.717) is 0 Å². The van der Waals surface area contributed by atoms with Gasteiger partial charge >= 0.3 is 11.9 Å². The Hall–Kier alpha value is -1.18. The van der Waals surface area contributed by atoms with E-state index >= 15 is 0 Å². The summed E-state index contributed by atoms with van der Waals surface area (Å²) in [5.74, 6) is -2.03. The van der Waals surface area contributed by atoms with Crippen LogP contribution in [-0.2, 0) is 14.4 Å². The van der Waals surface area contributed by atoms with E-state index in [2.05, 4.69) is 6.58 Å². The quantitative estimate of drug-likeness (QED) is 0.324. The summed E-state index contributed by atoms with van der Waals surface area (Å²) in [6.07, 6.45) is -0.152. The van der Waals surface area contributed by atoms with Crippen molar-refractivity contribution in [3.8, 4) is 0 Å². The van der Waals surface area contributed by atoms with Crippen LogP contribution in [0.5, 0.6) is 0 Å². The first kappa shape index (κ1) is 20.8. The maximum absolute atomic E-state index is 11.7. The van der Waals surface area contributed by atoms with Crippen molar-refractivity contribution in [2.24, 2.45) is 0 Å². The fraction of sp³-hybridized carbons (Fsp3) is 0.733. The molecule has 0 amide bonds. The van der Waals surface area contributed by atoms with E-state index in [9.17, 15) is 14.7 Å². The molecule has 0 aromatic carbocycles. The summed E-state index contributed by atoms with van der Waals surface area (Å²) >= 11 is 0. The third-order valence-electron chi connectivity index (χ3n) is 4.09. The molecule has 2 N–H and O–H groups in total. The summed E-state index contributed by atoms with van der Waals surface area (Å²) in [6.45, 7) is 12.0. The van der Waals surface area contributed by atoms with E-state index in [1.807, 2.05) is 27.7 Å². The number of carboxylic acid groups (broad SMARTS) is 2. The lowest BCUT2D eigenvalue weighted by Gasteiger charge is -2.42. The van der Waals surface area contributed by atoms with Crippen LogP contribution in [0.3, 0.4) is 0 Å². The number of aliphatic carboxylic acids is 2. The second-order valence-electron chi connectivity index (χ2n) is 5.63. The van der Waals surface area contributed by atoms with Crippen LogP contribution in [0.2, 0.25) is 18.1 Å². The molecule has 22 heavy (non-hydrogen) atoms. The molecule has 128 valence electrons. The molecule has 0 radical (unpaired) electrons. The molecule has 0 heterocycles. The molecule has 1 unspecified atom stereocenters. The van der Waals surface area contributed by atoms with Gasteiger partial charge in [-0.15, -0.1) is 0 Å². The minimum absolute atomic E-state index is 0.0373. The highest BCUT2D eigenvalue weighted by atomic mass is 28.3. The van der Waals surface area contributed by atoms with Crippen LogP contribution in [0.4, 0.5) is 0 Å². The second-order valence-corrected chi connectivity index (χ2v) is 10.6. The number of carboxylic acids is 2. The topological polar surface area (TPSA) is 87.1 Å². The van der Waals surface area contributed by atoms with Crippen LogP contribution in [-0.4, -0.2) is 47.8 Å². The van der Waals surface area contributed by atoms with Gasteiger partial charge in [-0.2, -0.15) is 4.73 Å². The fourth-order valence-corrected chi connectivity index (χ4v) is 6.23. The molecule has 0 rings (SSSR count). The third-order valence-corrected chi connectivity index (χ3v) is 9.42. The van der Waals surface area contributed by atoms with Gasteiger partial charge in [0.2, 0.25) is 0 Å². The summed E-state index contributed by atoms with van der Waals surface area (Å²) in [5.41, 5.74) is 0.804. The van der Waals surface area contributed by atoms with Gasteiger partial charge in [0.25, 0.3) is 0 Å². The molecular formula is C15H29NO5Si. The molecule has 0 spiro atoms. The third kappa shape index (κ3) is 5.90. The van der Waals surface area contributed by atoms with Gasteiger partial charge in [0, 0.05) is 6.42 Å². The van der Waals surface area contributed by atoms with Crippen molar-refractivity contribution >= 4 is 20.2 Å². The highest BCUT2D eigenvalue weighted by molar-refractivity contribution is 6.76. The lowest BCUT2D eigenvalue weighted by atomic mass is 10.2. The predicted octanol–water partition coefficient (Wildman–Crippen LogP) is 3.12. The Labute approximate surface area is 133 Å². The maximum atomic E-state index is 11.7. The summed E-state index contributed by atoms with van der Waals surface area (Å²) < 4.78 is 1.65. The molecule has 0 saturated heterocycles. The lowest BCUT2D eigenvalue weighted by molar-refractivity contribution is -0.165. The first-order chi connectivity index (χ1) is 10.2. The highest BCUT2D eigenvalue weighted by Crippen LogP contribution is 2.29. The zero-order valence-corrected chi connectivity index (χ0v) is 15.1. The summed E-state index contributed by atoms with van der Waals surface area (Å²) in [4.78, 5) is 28.3. The van der Waals surface area contributed by atoms with Crippen LogP contribution in [0, 0.1) is 0 Å². The van der Waals surface area contributed by atoms with E-state index < -0.39 is 26.2 Å². The van der Waals surface area contributed by atoms with E-state index in [1.165, 1.54) is 0 Å². The summed E-state index contributed by atoms with van der Waals surface area (Å²) in [5, 5.41) is 18.4. The van der Waals surface area contributed by atoms with Crippen LogP contribution in [0.1, 0.15) is 40.5 Å². The van der Waals surface area contributed by atoms with Crippen molar-refractivity contribution in [2.75, 3.05) is 6.61 Å². The summed E-state index contributed by atoms with van der Waals surface area (Å²) in [6, 6.07) is 1.63. The van der Waals surface area contributed by atoms with Gasteiger partial charge < -0.3 is 15.1 Å². The Kier molecular flexibility index (Phi) is 9.23. The number of hydroxylamine groups is 1. The van der Waals surface area contributed by atoms with E-state index in [4.69, 9.17) is 9.94 Å². The Morgan fingerprint density at radius 1 is 1.18 bits per heavy atom. The molecule has 0 aliphatic rings.